The Morgan fingerprint density at radius 3 is 2.36 bits per heavy atom. The van der Waals surface area contributed by atoms with Gasteiger partial charge in [0.1, 0.15) is 0 Å². The topological polar surface area (TPSA) is 110 Å². The number of carboxylic acids is 1. The molecule has 80 valence electrons. The molecular weight excluding hydrogens is 190 g/mol. The maximum Gasteiger partial charge on any atom is 0.319 e. The summed E-state index contributed by atoms with van der Waals surface area (Å²) in [4.78, 5) is 22.0. The first-order chi connectivity index (χ1) is 6.40. The molecule has 14 heavy (non-hydrogen) atoms. The Morgan fingerprint density at radius 1 is 1.50 bits per heavy atom. The van der Waals surface area contributed by atoms with Crippen LogP contribution >= 0.6 is 0 Å². The molecule has 0 bridgehead atoms. The van der Waals surface area contributed by atoms with Crippen molar-refractivity contribution in [2.45, 2.75) is 13.0 Å². The summed E-state index contributed by atoms with van der Waals surface area (Å²) in [6, 6.07) is 0. The van der Waals surface area contributed by atoms with Crippen LogP contribution in [0.1, 0.15) is 6.92 Å². The molecule has 1 amide bonds. The van der Waals surface area contributed by atoms with E-state index in [2.05, 4.69) is 0 Å². The second kappa shape index (κ2) is 3.55. The Bertz CT molecular complexity index is 250. The molecule has 1 saturated heterocycles. The van der Waals surface area contributed by atoms with Gasteiger partial charge in [-0.15, -0.1) is 0 Å². The summed E-state index contributed by atoms with van der Waals surface area (Å²) in [5, 5.41) is 18.3. The zero-order chi connectivity index (χ0) is 10.9. The van der Waals surface area contributed by atoms with Crippen LogP contribution in [0.3, 0.4) is 0 Å². The van der Waals surface area contributed by atoms with Crippen molar-refractivity contribution in [1.29, 1.82) is 0 Å². The zero-order valence-corrected chi connectivity index (χ0v) is 7.77. The van der Waals surface area contributed by atoms with E-state index in [0.29, 0.717) is 0 Å². The van der Waals surface area contributed by atoms with Gasteiger partial charge in [0.2, 0.25) is 5.91 Å². The van der Waals surface area contributed by atoms with Crippen LogP contribution in [-0.2, 0) is 14.3 Å². The predicted molar refractivity (Wildman–Crippen MR) is 45.3 cm³/mol. The van der Waals surface area contributed by atoms with Gasteiger partial charge in [-0.1, -0.05) is 0 Å². The SMILES string of the molecule is CC(C(N)=O)(C(=O)O)C1COCC1O. The number of carboxylic acid groups (broad SMARTS) is 1. The van der Waals surface area contributed by atoms with Crippen LogP contribution in [0, 0.1) is 11.3 Å². The van der Waals surface area contributed by atoms with Crippen LogP contribution in [0.4, 0.5) is 0 Å². The molecule has 6 nitrogen and oxygen atoms in total. The summed E-state index contributed by atoms with van der Waals surface area (Å²) in [6.45, 7) is 1.29. The van der Waals surface area contributed by atoms with E-state index >= 15 is 0 Å². The number of aliphatic hydroxyl groups is 1. The molecule has 3 unspecified atom stereocenters. The molecule has 1 fully saturated rings. The van der Waals surface area contributed by atoms with Crippen LogP contribution in [0.2, 0.25) is 0 Å². The largest absolute Gasteiger partial charge is 0.480 e. The predicted octanol–water partition coefficient (Wildman–Crippen LogP) is -1.43. The van der Waals surface area contributed by atoms with Crippen LogP contribution in [0.25, 0.3) is 0 Å². The van der Waals surface area contributed by atoms with E-state index in [1.54, 1.807) is 0 Å². The van der Waals surface area contributed by atoms with Gasteiger partial charge in [0.25, 0.3) is 0 Å². The molecule has 1 rings (SSSR count). The van der Waals surface area contributed by atoms with Crippen LogP contribution in [0.5, 0.6) is 0 Å². The Morgan fingerprint density at radius 2 is 2.07 bits per heavy atom. The number of aliphatic hydroxyl groups excluding tert-OH is 1. The van der Waals surface area contributed by atoms with E-state index < -0.39 is 29.3 Å². The van der Waals surface area contributed by atoms with Gasteiger partial charge in [-0.05, 0) is 6.92 Å². The fraction of sp³-hybridized carbons (Fsp3) is 0.750. The molecule has 1 heterocycles. The van der Waals surface area contributed by atoms with E-state index in [1.165, 1.54) is 6.92 Å². The minimum absolute atomic E-state index is 0.0346. The van der Waals surface area contributed by atoms with E-state index in [-0.39, 0.29) is 13.2 Å². The van der Waals surface area contributed by atoms with Crippen LogP contribution in [0.15, 0.2) is 0 Å². The Balaban J connectivity index is 2.98. The average molecular weight is 203 g/mol. The molecule has 0 aromatic heterocycles. The van der Waals surface area contributed by atoms with Crippen molar-refractivity contribution in [3.8, 4) is 0 Å². The van der Waals surface area contributed by atoms with Gasteiger partial charge in [-0.2, -0.15) is 0 Å². The lowest BCUT2D eigenvalue weighted by Crippen LogP contribution is -2.50. The molecule has 0 aromatic rings. The lowest BCUT2D eigenvalue weighted by Gasteiger charge is -2.28. The highest BCUT2D eigenvalue weighted by Gasteiger charge is 2.52. The number of ether oxygens (including phenoxy) is 1. The number of hydrogen-bond donors (Lipinski definition) is 3. The molecule has 1 aliphatic rings. The first-order valence-corrected chi connectivity index (χ1v) is 4.19. The molecule has 0 radical (unpaired) electrons. The first kappa shape index (κ1) is 10.9. The monoisotopic (exact) mass is 203 g/mol. The highest BCUT2D eigenvalue weighted by molar-refractivity contribution is 6.01. The van der Waals surface area contributed by atoms with E-state index in [0.717, 1.165) is 0 Å². The second-order valence-corrected chi connectivity index (χ2v) is 3.58. The molecule has 1 aliphatic heterocycles. The maximum atomic E-state index is 11.1. The lowest BCUT2D eigenvalue weighted by atomic mass is 9.75. The van der Waals surface area contributed by atoms with Crippen molar-refractivity contribution < 1.29 is 24.5 Å². The minimum Gasteiger partial charge on any atom is -0.480 e. The maximum absolute atomic E-state index is 11.1. The van der Waals surface area contributed by atoms with Gasteiger partial charge in [-0.25, -0.2) is 0 Å². The number of rotatable bonds is 3. The number of primary amides is 1. The summed E-state index contributed by atoms with van der Waals surface area (Å²) in [7, 11) is 0. The fourth-order valence-corrected chi connectivity index (χ4v) is 1.54. The summed E-state index contributed by atoms with van der Waals surface area (Å²) in [6.07, 6.45) is -0.955. The minimum atomic E-state index is -1.77. The Hall–Kier alpha value is -1.14. The molecule has 0 saturated carbocycles. The van der Waals surface area contributed by atoms with E-state index in [9.17, 15) is 14.7 Å². The molecule has 0 aliphatic carbocycles. The number of carbonyl (C=O) groups excluding carboxylic acids is 1. The summed E-state index contributed by atoms with van der Waals surface area (Å²) >= 11 is 0. The second-order valence-electron chi connectivity index (χ2n) is 3.58. The summed E-state index contributed by atoms with van der Waals surface area (Å²) in [5.41, 5.74) is 3.26. The average Bonchev–Trinajstić information content (AvgIpc) is 2.49. The van der Waals surface area contributed by atoms with E-state index in [1.807, 2.05) is 0 Å². The highest BCUT2D eigenvalue weighted by Crippen LogP contribution is 2.33. The third kappa shape index (κ3) is 1.46. The van der Waals surface area contributed by atoms with Gasteiger partial charge in [0.15, 0.2) is 5.41 Å². The number of amides is 1. The van der Waals surface area contributed by atoms with Crippen LogP contribution in [-0.4, -0.2) is 41.4 Å². The van der Waals surface area contributed by atoms with Crippen molar-refractivity contribution in [2.24, 2.45) is 17.1 Å². The third-order valence-corrected chi connectivity index (χ3v) is 2.75. The smallest absolute Gasteiger partial charge is 0.319 e. The zero-order valence-electron chi connectivity index (χ0n) is 7.77. The highest BCUT2D eigenvalue weighted by atomic mass is 16.5. The fourth-order valence-electron chi connectivity index (χ4n) is 1.54. The first-order valence-electron chi connectivity index (χ1n) is 4.19. The van der Waals surface area contributed by atoms with Crippen molar-refractivity contribution >= 4 is 11.9 Å². The number of aliphatic carboxylic acids is 1. The number of hydrogen-bond acceptors (Lipinski definition) is 4. The molecule has 0 spiro atoms. The molecule has 6 heteroatoms. The van der Waals surface area contributed by atoms with Gasteiger partial charge in [0, 0.05) is 5.92 Å². The quantitative estimate of drug-likeness (QED) is 0.487. The van der Waals surface area contributed by atoms with Gasteiger partial charge in [0.05, 0.1) is 19.3 Å². The number of nitrogens with two attached hydrogens (primary N) is 1. The molecular formula is C8H13NO5. The van der Waals surface area contributed by atoms with Crippen LogP contribution < -0.4 is 5.73 Å². The molecule has 3 atom stereocenters. The van der Waals surface area contributed by atoms with Crippen molar-refractivity contribution in [3.63, 3.8) is 0 Å². The summed E-state index contributed by atoms with van der Waals surface area (Å²) < 4.78 is 4.89. The van der Waals surface area contributed by atoms with Crippen molar-refractivity contribution in [1.82, 2.24) is 0 Å². The summed E-state index contributed by atoms with van der Waals surface area (Å²) in [5.74, 6) is -3.07. The Kier molecular flexibility index (Phi) is 2.77. The molecule has 0 aromatic carbocycles. The lowest BCUT2D eigenvalue weighted by molar-refractivity contribution is -0.159. The van der Waals surface area contributed by atoms with Gasteiger partial charge >= 0.3 is 5.97 Å². The normalized spacial score (nSPS) is 31.0. The van der Waals surface area contributed by atoms with Gasteiger partial charge < -0.3 is 20.7 Å². The number of carbonyl (C=O) groups is 2. The van der Waals surface area contributed by atoms with Gasteiger partial charge in [-0.3, -0.25) is 9.59 Å². The van der Waals surface area contributed by atoms with Crippen molar-refractivity contribution in [2.75, 3.05) is 13.2 Å². The third-order valence-electron chi connectivity index (χ3n) is 2.75. The molecule has 4 N–H and O–H groups in total. The van der Waals surface area contributed by atoms with E-state index in [4.69, 9.17) is 15.6 Å². The Labute approximate surface area is 80.7 Å². The van der Waals surface area contributed by atoms with Crippen molar-refractivity contribution in [3.05, 3.63) is 0 Å². The standard InChI is InChI=1S/C8H13NO5/c1-8(6(9)11,7(12)13)4-2-14-3-5(4)10/h4-5,10H,2-3H2,1H3,(H2,9,11)(H,12,13).